The number of anilines is 1. The topological polar surface area (TPSA) is 72.2 Å². The molecule has 1 saturated carbocycles. The smallest absolute Gasteiger partial charge is 0.242 e. The van der Waals surface area contributed by atoms with Gasteiger partial charge in [-0.2, -0.15) is 0 Å². The Bertz CT molecular complexity index is 554. The van der Waals surface area contributed by atoms with Crippen LogP contribution in [0.25, 0.3) is 0 Å². The molecular weight excluding hydrogens is 267 g/mol. The highest BCUT2D eigenvalue weighted by atomic mass is 32.2. The molecule has 0 bridgehead atoms. The summed E-state index contributed by atoms with van der Waals surface area (Å²) in [7, 11) is -3.77. The Morgan fingerprint density at radius 3 is 2.63 bits per heavy atom. The van der Waals surface area contributed by atoms with Crippen LogP contribution in [0, 0.1) is 11.7 Å². The van der Waals surface area contributed by atoms with Crippen LogP contribution in [-0.2, 0) is 10.0 Å². The van der Waals surface area contributed by atoms with Crippen LogP contribution in [0.2, 0.25) is 0 Å². The lowest BCUT2D eigenvalue weighted by atomic mass is 10.0. The molecule has 1 unspecified atom stereocenters. The summed E-state index contributed by atoms with van der Waals surface area (Å²) in [6.07, 6.45) is 4.34. The van der Waals surface area contributed by atoms with E-state index in [1.807, 2.05) is 6.92 Å². The molecule has 0 heterocycles. The van der Waals surface area contributed by atoms with E-state index in [1.54, 1.807) is 0 Å². The number of para-hydroxylation sites is 1. The van der Waals surface area contributed by atoms with Gasteiger partial charge in [0.05, 0.1) is 5.69 Å². The lowest BCUT2D eigenvalue weighted by Gasteiger charge is -2.20. The van der Waals surface area contributed by atoms with Gasteiger partial charge >= 0.3 is 0 Å². The quantitative estimate of drug-likeness (QED) is 0.834. The van der Waals surface area contributed by atoms with Crippen molar-refractivity contribution in [1.82, 2.24) is 4.72 Å². The molecule has 19 heavy (non-hydrogen) atoms. The largest absolute Gasteiger partial charge is 0.395 e. The first-order valence-corrected chi connectivity index (χ1v) is 7.96. The Morgan fingerprint density at radius 1 is 1.37 bits per heavy atom. The van der Waals surface area contributed by atoms with Crippen molar-refractivity contribution >= 4 is 15.7 Å². The fourth-order valence-electron chi connectivity index (χ4n) is 2.61. The summed E-state index contributed by atoms with van der Waals surface area (Å²) >= 11 is 0. The van der Waals surface area contributed by atoms with Gasteiger partial charge < -0.3 is 5.73 Å². The van der Waals surface area contributed by atoms with E-state index in [-0.39, 0.29) is 16.6 Å². The van der Waals surface area contributed by atoms with Gasteiger partial charge in [-0.3, -0.25) is 0 Å². The van der Waals surface area contributed by atoms with E-state index in [9.17, 15) is 12.8 Å². The standard InChI is InChI=1S/C13H19FN2O2S/c1-9(10-5-2-3-6-10)16-19(17,18)12-8-4-7-11(14)13(12)15/h4,7-10,16H,2-3,5-6,15H2,1H3. The second-order valence-electron chi connectivity index (χ2n) is 5.11. The highest BCUT2D eigenvalue weighted by Crippen LogP contribution is 2.29. The highest BCUT2D eigenvalue weighted by Gasteiger charge is 2.27. The van der Waals surface area contributed by atoms with Gasteiger partial charge in [-0.05, 0) is 37.8 Å². The van der Waals surface area contributed by atoms with Crippen LogP contribution in [0.5, 0.6) is 0 Å². The third-order valence-electron chi connectivity index (χ3n) is 3.75. The van der Waals surface area contributed by atoms with Gasteiger partial charge in [-0.1, -0.05) is 18.9 Å². The number of nitrogens with two attached hydrogens (primary N) is 1. The van der Waals surface area contributed by atoms with Crippen molar-refractivity contribution in [2.75, 3.05) is 5.73 Å². The fraction of sp³-hybridized carbons (Fsp3) is 0.538. The second kappa shape index (κ2) is 5.46. The van der Waals surface area contributed by atoms with Gasteiger partial charge in [-0.15, -0.1) is 0 Å². The predicted molar refractivity (Wildman–Crippen MR) is 72.6 cm³/mol. The molecular formula is C13H19FN2O2S. The number of nitrogen functional groups attached to an aromatic ring is 1. The number of sulfonamides is 1. The lowest BCUT2D eigenvalue weighted by Crippen LogP contribution is -2.37. The number of hydrogen-bond donors (Lipinski definition) is 2. The zero-order valence-corrected chi connectivity index (χ0v) is 11.7. The maximum atomic E-state index is 13.3. The molecule has 3 N–H and O–H groups in total. The average Bonchev–Trinajstić information content (AvgIpc) is 2.85. The van der Waals surface area contributed by atoms with Crippen molar-refractivity contribution in [1.29, 1.82) is 0 Å². The Hall–Kier alpha value is -1.14. The predicted octanol–water partition coefficient (Wildman–Crippen LogP) is 2.26. The Labute approximate surface area is 113 Å². The van der Waals surface area contributed by atoms with Crippen LogP contribution in [0.4, 0.5) is 10.1 Å². The molecule has 0 amide bonds. The molecule has 1 aliphatic carbocycles. The minimum absolute atomic E-state index is 0.157. The van der Waals surface area contributed by atoms with Crippen LogP contribution in [-0.4, -0.2) is 14.5 Å². The van der Waals surface area contributed by atoms with Crippen LogP contribution < -0.4 is 10.5 Å². The first kappa shape index (κ1) is 14.3. The Kier molecular flexibility index (Phi) is 4.10. The summed E-state index contributed by atoms with van der Waals surface area (Å²) in [4.78, 5) is -0.183. The summed E-state index contributed by atoms with van der Waals surface area (Å²) in [5, 5.41) is 0. The SMILES string of the molecule is CC(NS(=O)(=O)c1cccc(F)c1N)C1CCCC1. The van der Waals surface area contributed by atoms with Crippen LogP contribution in [0.1, 0.15) is 32.6 Å². The summed E-state index contributed by atoms with van der Waals surface area (Å²) in [5.41, 5.74) is 5.18. The summed E-state index contributed by atoms with van der Waals surface area (Å²) in [6.45, 7) is 1.85. The first-order chi connectivity index (χ1) is 8.92. The molecule has 1 atom stereocenters. The fourth-order valence-corrected chi connectivity index (χ4v) is 4.07. The molecule has 106 valence electrons. The van der Waals surface area contributed by atoms with Gasteiger partial charge in [0.1, 0.15) is 10.7 Å². The Morgan fingerprint density at radius 2 is 2.00 bits per heavy atom. The average molecular weight is 286 g/mol. The summed E-state index contributed by atoms with van der Waals surface area (Å²) in [5.74, 6) is -0.360. The number of rotatable bonds is 4. The van der Waals surface area contributed by atoms with E-state index < -0.39 is 15.8 Å². The molecule has 4 nitrogen and oxygen atoms in total. The van der Waals surface area contributed by atoms with Crippen molar-refractivity contribution < 1.29 is 12.8 Å². The molecule has 1 aromatic rings. The highest BCUT2D eigenvalue weighted by molar-refractivity contribution is 7.89. The van der Waals surface area contributed by atoms with Gasteiger partial charge in [0.15, 0.2) is 0 Å². The third-order valence-corrected chi connectivity index (χ3v) is 5.37. The van der Waals surface area contributed by atoms with E-state index in [0.717, 1.165) is 31.7 Å². The molecule has 1 aliphatic rings. The lowest BCUT2D eigenvalue weighted by molar-refractivity contribution is 0.424. The molecule has 0 aromatic heterocycles. The van der Waals surface area contributed by atoms with Gasteiger partial charge in [0, 0.05) is 6.04 Å². The van der Waals surface area contributed by atoms with E-state index in [0.29, 0.717) is 5.92 Å². The number of halogens is 1. The van der Waals surface area contributed by atoms with E-state index in [4.69, 9.17) is 5.73 Å². The summed E-state index contributed by atoms with van der Waals surface area (Å²) < 4.78 is 40.4. The molecule has 1 aromatic carbocycles. The maximum Gasteiger partial charge on any atom is 0.242 e. The molecule has 0 aliphatic heterocycles. The van der Waals surface area contributed by atoms with Crippen LogP contribution >= 0.6 is 0 Å². The molecule has 0 saturated heterocycles. The van der Waals surface area contributed by atoms with Crippen molar-refractivity contribution in [3.05, 3.63) is 24.0 Å². The van der Waals surface area contributed by atoms with Gasteiger partial charge in [0.2, 0.25) is 10.0 Å². The number of nitrogens with one attached hydrogen (secondary N) is 1. The van der Waals surface area contributed by atoms with E-state index in [2.05, 4.69) is 4.72 Å². The number of benzene rings is 1. The second-order valence-corrected chi connectivity index (χ2v) is 6.79. The Balaban J connectivity index is 2.20. The van der Waals surface area contributed by atoms with Crippen molar-refractivity contribution in [2.45, 2.75) is 43.5 Å². The first-order valence-electron chi connectivity index (χ1n) is 6.48. The minimum atomic E-state index is -3.77. The van der Waals surface area contributed by atoms with Gasteiger partial charge in [-0.25, -0.2) is 17.5 Å². The van der Waals surface area contributed by atoms with E-state index >= 15 is 0 Å². The molecule has 2 rings (SSSR count). The molecule has 0 spiro atoms. The van der Waals surface area contributed by atoms with Crippen molar-refractivity contribution in [2.24, 2.45) is 5.92 Å². The zero-order chi connectivity index (χ0) is 14.0. The zero-order valence-electron chi connectivity index (χ0n) is 10.9. The van der Waals surface area contributed by atoms with Crippen LogP contribution in [0.3, 0.4) is 0 Å². The molecule has 1 fully saturated rings. The third kappa shape index (κ3) is 3.06. The normalized spacial score (nSPS) is 18.6. The minimum Gasteiger partial charge on any atom is -0.395 e. The maximum absolute atomic E-state index is 13.3. The van der Waals surface area contributed by atoms with Crippen molar-refractivity contribution in [3.8, 4) is 0 Å². The van der Waals surface area contributed by atoms with Gasteiger partial charge in [0.25, 0.3) is 0 Å². The van der Waals surface area contributed by atoms with Crippen molar-refractivity contribution in [3.63, 3.8) is 0 Å². The molecule has 6 heteroatoms. The van der Waals surface area contributed by atoms with E-state index in [1.165, 1.54) is 12.1 Å². The molecule has 0 radical (unpaired) electrons. The van der Waals surface area contributed by atoms with Crippen LogP contribution in [0.15, 0.2) is 23.1 Å². The number of hydrogen-bond acceptors (Lipinski definition) is 3. The summed E-state index contributed by atoms with van der Waals surface area (Å²) in [6, 6.07) is 3.66. The monoisotopic (exact) mass is 286 g/mol.